The number of hydrogen-bond donors (Lipinski definition) is 0. The number of halogens is 3. The van der Waals surface area contributed by atoms with Crippen molar-refractivity contribution in [3.8, 4) is 0 Å². The monoisotopic (exact) mass is 607 g/mol. The van der Waals surface area contributed by atoms with E-state index in [1.54, 1.807) is 31.2 Å². The molecule has 5 aromatic rings. The third-order valence-electron chi connectivity index (χ3n) is 7.78. The minimum absolute atomic E-state index is 0.0941. The Hall–Kier alpha value is -3.86. The fraction of sp³-hybridized carbons (Fsp3) is 0.226. The van der Waals surface area contributed by atoms with Crippen LogP contribution in [0.25, 0.3) is 0 Å². The van der Waals surface area contributed by atoms with E-state index in [0.717, 1.165) is 41.1 Å². The van der Waals surface area contributed by atoms with Gasteiger partial charge in [-0.2, -0.15) is 0 Å². The Labute approximate surface area is 248 Å². The fourth-order valence-electron chi connectivity index (χ4n) is 6.05. The minimum atomic E-state index is -3.77. The Bertz CT molecular complexity index is 1740. The number of benzene rings is 3. The molecule has 1 fully saturated rings. The molecule has 0 N–H and O–H groups in total. The van der Waals surface area contributed by atoms with E-state index in [1.165, 1.54) is 0 Å². The van der Waals surface area contributed by atoms with Crippen LogP contribution in [0.1, 0.15) is 39.7 Å². The van der Waals surface area contributed by atoms with Gasteiger partial charge in [0.25, 0.3) is 0 Å². The summed E-state index contributed by atoms with van der Waals surface area (Å²) in [6.45, 7) is 1.03. The second-order valence-electron chi connectivity index (χ2n) is 10.7. The average molecular weight is 608 g/mol. The lowest BCUT2D eigenvalue weighted by atomic mass is 9.83. The van der Waals surface area contributed by atoms with Crippen LogP contribution < -0.4 is 0 Å². The number of aromatic nitrogens is 4. The topological polar surface area (TPSA) is 73.0 Å². The van der Waals surface area contributed by atoms with Crippen molar-refractivity contribution in [2.75, 3.05) is 12.8 Å². The van der Waals surface area contributed by atoms with Crippen LogP contribution in [0.15, 0.2) is 104 Å². The van der Waals surface area contributed by atoms with Gasteiger partial charge in [-0.3, -0.25) is 4.90 Å². The van der Waals surface area contributed by atoms with Crippen LogP contribution in [0.3, 0.4) is 0 Å². The van der Waals surface area contributed by atoms with Crippen molar-refractivity contribution in [3.05, 3.63) is 143 Å². The molecule has 3 aromatic carbocycles. The van der Waals surface area contributed by atoms with E-state index < -0.39 is 38.8 Å². The molecule has 216 valence electrons. The largest absolute Gasteiger partial charge is 0.333 e. The molecule has 1 aliphatic heterocycles. The lowest BCUT2D eigenvalue weighted by Crippen LogP contribution is -2.56. The summed E-state index contributed by atoms with van der Waals surface area (Å²) in [7, 11) is -3.77. The Morgan fingerprint density at radius 2 is 1.50 bits per heavy atom. The molecule has 1 aliphatic rings. The van der Waals surface area contributed by atoms with Crippen LogP contribution in [0.5, 0.6) is 0 Å². The van der Waals surface area contributed by atoms with Gasteiger partial charge in [-0.15, -0.1) is 0 Å². The molecule has 3 heterocycles. The zero-order valence-electron chi connectivity index (χ0n) is 22.6. The molecular formula is C31H28ClF2N5O2S. The van der Waals surface area contributed by atoms with E-state index in [2.05, 4.69) is 39.1 Å². The molecule has 0 radical (unpaired) electrons. The Balaban J connectivity index is 1.41. The van der Waals surface area contributed by atoms with Crippen LogP contribution in [0.4, 0.5) is 8.78 Å². The number of imidazole rings is 2. The third-order valence-corrected chi connectivity index (χ3v) is 9.57. The summed E-state index contributed by atoms with van der Waals surface area (Å²) in [5.74, 6) is -2.14. The van der Waals surface area contributed by atoms with Crippen molar-refractivity contribution >= 4 is 21.4 Å². The van der Waals surface area contributed by atoms with Gasteiger partial charge in [-0.25, -0.2) is 27.2 Å². The molecule has 2 unspecified atom stereocenters. The van der Waals surface area contributed by atoms with Crippen LogP contribution in [0, 0.1) is 17.6 Å². The standard InChI is InChI=1S/C31H28ClF2N5O2S/c1-42(40,41)30(24-14-26(33)16-27(34)15-24)28-18-39(31(28)38-13-11-36-20-38)29(23-6-8-25(32)9-7-23)22-4-2-21(3-5-22)17-37-12-10-35-19-37/h2-16,19-20,28-31H,17-18H2,1H3/t28?,29-,30+,31?/m1/s1. The molecule has 1 saturated heterocycles. The summed E-state index contributed by atoms with van der Waals surface area (Å²) in [6.07, 6.45) is 11.1. The first kappa shape index (κ1) is 28.3. The SMILES string of the molecule is CS(=O)(=O)[C@@H](c1cc(F)cc(F)c1)C1CN([C@@H](c2ccc(Cl)cc2)c2ccc(Cn3ccnc3)cc2)C1n1ccnc1. The van der Waals surface area contributed by atoms with Crippen molar-refractivity contribution in [3.63, 3.8) is 0 Å². The normalized spacial score (nSPS) is 18.9. The quantitative estimate of drug-likeness (QED) is 0.204. The van der Waals surface area contributed by atoms with Gasteiger partial charge in [0.1, 0.15) is 11.6 Å². The van der Waals surface area contributed by atoms with Gasteiger partial charge in [-0.1, -0.05) is 48.0 Å². The molecule has 0 spiro atoms. The molecule has 0 aliphatic carbocycles. The van der Waals surface area contributed by atoms with E-state index in [0.29, 0.717) is 18.1 Å². The van der Waals surface area contributed by atoms with E-state index in [9.17, 15) is 17.2 Å². The van der Waals surface area contributed by atoms with Gasteiger partial charge in [0.15, 0.2) is 9.84 Å². The van der Waals surface area contributed by atoms with Crippen molar-refractivity contribution in [2.24, 2.45) is 5.92 Å². The fourth-order valence-corrected chi connectivity index (χ4v) is 7.67. The Morgan fingerprint density at radius 1 is 0.881 bits per heavy atom. The maximum absolute atomic E-state index is 14.3. The predicted octanol–water partition coefficient (Wildman–Crippen LogP) is 6.07. The smallest absolute Gasteiger partial charge is 0.154 e. The maximum atomic E-state index is 14.3. The van der Waals surface area contributed by atoms with E-state index >= 15 is 0 Å². The highest BCUT2D eigenvalue weighted by atomic mass is 35.5. The summed E-state index contributed by atoms with van der Waals surface area (Å²) in [6, 6.07) is 18.5. The summed E-state index contributed by atoms with van der Waals surface area (Å²) in [5.41, 5.74) is 3.17. The second kappa shape index (κ2) is 11.4. The molecule has 0 saturated carbocycles. The van der Waals surface area contributed by atoms with Gasteiger partial charge in [0, 0.05) is 61.1 Å². The molecular weight excluding hydrogens is 580 g/mol. The molecule has 0 amide bonds. The molecule has 11 heteroatoms. The summed E-state index contributed by atoms with van der Waals surface area (Å²) < 4.78 is 58.9. The second-order valence-corrected chi connectivity index (χ2v) is 13.3. The van der Waals surface area contributed by atoms with Crippen molar-refractivity contribution in [2.45, 2.75) is 24.0 Å². The summed E-state index contributed by atoms with van der Waals surface area (Å²) in [5, 5.41) is -0.527. The van der Waals surface area contributed by atoms with E-state index in [1.807, 2.05) is 39.6 Å². The summed E-state index contributed by atoms with van der Waals surface area (Å²) >= 11 is 6.24. The predicted molar refractivity (Wildman–Crippen MR) is 156 cm³/mol. The van der Waals surface area contributed by atoms with E-state index in [-0.39, 0.29) is 11.6 Å². The molecule has 2 aromatic heterocycles. The lowest BCUT2D eigenvalue weighted by molar-refractivity contribution is -0.0612. The van der Waals surface area contributed by atoms with Crippen LogP contribution in [-0.4, -0.2) is 45.2 Å². The highest BCUT2D eigenvalue weighted by Crippen LogP contribution is 2.51. The van der Waals surface area contributed by atoms with Gasteiger partial charge < -0.3 is 9.13 Å². The third kappa shape index (κ3) is 5.74. The number of nitrogens with zero attached hydrogens (tertiary/aromatic N) is 5. The number of hydrogen-bond acceptors (Lipinski definition) is 5. The van der Waals surface area contributed by atoms with Crippen molar-refractivity contribution in [1.29, 1.82) is 0 Å². The van der Waals surface area contributed by atoms with Gasteiger partial charge >= 0.3 is 0 Å². The Kier molecular flexibility index (Phi) is 7.69. The number of rotatable bonds is 9. The Morgan fingerprint density at radius 3 is 2.07 bits per heavy atom. The van der Waals surface area contributed by atoms with Gasteiger partial charge in [-0.05, 0) is 46.5 Å². The average Bonchev–Trinajstić information content (AvgIpc) is 3.63. The van der Waals surface area contributed by atoms with Crippen LogP contribution in [0.2, 0.25) is 5.02 Å². The molecule has 7 nitrogen and oxygen atoms in total. The van der Waals surface area contributed by atoms with Crippen molar-refractivity contribution in [1.82, 2.24) is 24.0 Å². The first-order chi connectivity index (χ1) is 20.2. The first-order valence-electron chi connectivity index (χ1n) is 13.4. The molecule has 42 heavy (non-hydrogen) atoms. The van der Waals surface area contributed by atoms with Crippen LogP contribution >= 0.6 is 11.6 Å². The molecule has 6 rings (SSSR count). The number of sulfone groups is 1. The van der Waals surface area contributed by atoms with Gasteiger partial charge in [0.2, 0.25) is 0 Å². The lowest BCUT2D eigenvalue weighted by Gasteiger charge is -2.54. The molecule has 4 atom stereocenters. The maximum Gasteiger partial charge on any atom is 0.154 e. The summed E-state index contributed by atoms with van der Waals surface area (Å²) in [4.78, 5) is 10.5. The van der Waals surface area contributed by atoms with Gasteiger partial charge in [0.05, 0.1) is 30.1 Å². The van der Waals surface area contributed by atoms with Crippen molar-refractivity contribution < 1.29 is 17.2 Å². The van der Waals surface area contributed by atoms with E-state index in [4.69, 9.17) is 11.6 Å². The minimum Gasteiger partial charge on any atom is -0.333 e. The highest BCUT2D eigenvalue weighted by molar-refractivity contribution is 7.90. The highest BCUT2D eigenvalue weighted by Gasteiger charge is 2.51. The number of likely N-dealkylation sites (tertiary alicyclic amines) is 1. The zero-order valence-corrected chi connectivity index (χ0v) is 24.2. The zero-order chi connectivity index (χ0) is 29.4. The first-order valence-corrected chi connectivity index (χ1v) is 15.7. The molecule has 0 bridgehead atoms. The van der Waals surface area contributed by atoms with Crippen LogP contribution in [-0.2, 0) is 16.4 Å².